The minimum absolute atomic E-state index is 0.0419. The molecule has 8 heteroatoms. The van der Waals surface area contributed by atoms with Gasteiger partial charge in [-0.3, -0.25) is 4.79 Å². The molecule has 0 spiro atoms. The highest BCUT2D eigenvalue weighted by Crippen LogP contribution is 2.36. The van der Waals surface area contributed by atoms with E-state index in [-0.39, 0.29) is 36.1 Å². The van der Waals surface area contributed by atoms with Crippen LogP contribution in [0.15, 0.2) is 12.1 Å². The zero-order chi connectivity index (χ0) is 15.8. The van der Waals surface area contributed by atoms with E-state index >= 15 is 0 Å². The quantitative estimate of drug-likeness (QED) is 0.797. The number of benzene rings is 1. The lowest BCUT2D eigenvalue weighted by atomic mass is 9.92. The molecule has 0 aliphatic carbocycles. The van der Waals surface area contributed by atoms with Gasteiger partial charge >= 0.3 is 18.1 Å². The second-order valence-electron chi connectivity index (χ2n) is 4.83. The number of carboxylic acids is 2. The molecule has 1 aromatic rings. The highest BCUT2D eigenvalue weighted by molar-refractivity contribution is 5.96. The number of nitrogens with one attached hydrogen (secondary N) is 1. The van der Waals surface area contributed by atoms with E-state index in [0.717, 1.165) is 6.07 Å². The number of hydrogen-bond acceptors (Lipinski definition) is 3. The van der Waals surface area contributed by atoms with Crippen LogP contribution >= 0.6 is 0 Å². The third-order valence-corrected chi connectivity index (χ3v) is 3.28. The van der Waals surface area contributed by atoms with Crippen molar-refractivity contribution in [2.24, 2.45) is 0 Å². The maximum absolute atomic E-state index is 12.7. The van der Waals surface area contributed by atoms with Crippen LogP contribution in [0.2, 0.25) is 0 Å². The molecular formula is C13H12F3NO4. The first-order valence-corrected chi connectivity index (χ1v) is 6.12. The van der Waals surface area contributed by atoms with Crippen LogP contribution in [-0.2, 0) is 17.6 Å². The van der Waals surface area contributed by atoms with E-state index in [2.05, 4.69) is 5.32 Å². The van der Waals surface area contributed by atoms with Crippen molar-refractivity contribution in [3.05, 3.63) is 28.8 Å². The fraction of sp³-hybridized carbons (Fsp3) is 0.385. The van der Waals surface area contributed by atoms with E-state index in [4.69, 9.17) is 10.2 Å². The number of halogens is 3. The van der Waals surface area contributed by atoms with Gasteiger partial charge in [0.15, 0.2) is 0 Å². The third kappa shape index (κ3) is 3.26. The van der Waals surface area contributed by atoms with Gasteiger partial charge in [0.05, 0.1) is 17.7 Å². The summed E-state index contributed by atoms with van der Waals surface area (Å²) in [5.41, 5.74) is 0.237. The molecule has 1 heterocycles. The summed E-state index contributed by atoms with van der Waals surface area (Å²) >= 11 is 0. The molecule has 0 radical (unpaired) electrons. The average molecular weight is 303 g/mol. The average Bonchev–Trinajstić information content (AvgIpc) is 2.35. The van der Waals surface area contributed by atoms with Gasteiger partial charge in [0, 0.05) is 0 Å². The fourth-order valence-electron chi connectivity index (χ4n) is 2.37. The van der Waals surface area contributed by atoms with Gasteiger partial charge in [0.1, 0.15) is 6.04 Å². The molecular weight excluding hydrogens is 291 g/mol. The summed E-state index contributed by atoms with van der Waals surface area (Å²) in [6.07, 6.45) is -5.02. The number of aliphatic carboxylic acids is 1. The van der Waals surface area contributed by atoms with Crippen molar-refractivity contribution in [2.45, 2.75) is 31.5 Å². The number of carbonyl (C=O) groups is 2. The second-order valence-corrected chi connectivity index (χ2v) is 4.83. The van der Waals surface area contributed by atoms with Gasteiger partial charge in [0.2, 0.25) is 0 Å². The molecule has 1 aromatic carbocycles. The number of alkyl halides is 3. The Balaban J connectivity index is 2.44. The summed E-state index contributed by atoms with van der Waals surface area (Å²) in [5, 5.41) is 20.1. The highest BCUT2D eigenvalue weighted by atomic mass is 19.4. The maximum Gasteiger partial charge on any atom is 0.408 e. The molecule has 21 heavy (non-hydrogen) atoms. The molecule has 1 aliphatic heterocycles. The minimum Gasteiger partial charge on any atom is -0.481 e. The summed E-state index contributed by atoms with van der Waals surface area (Å²) in [7, 11) is 0. The van der Waals surface area contributed by atoms with Crippen molar-refractivity contribution in [1.82, 2.24) is 0 Å². The molecule has 0 fully saturated rings. The molecule has 3 N–H and O–H groups in total. The van der Waals surface area contributed by atoms with Crippen molar-refractivity contribution in [1.29, 1.82) is 0 Å². The number of hydrogen-bond donors (Lipinski definition) is 3. The van der Waals surface area contributed by atoms with Crippen molar-refractivity contribution < 1.29 is 33.0 Å². The van der Waals surface area contributed by atoms with Crippen LogP contribution in [0, 0.1) is 0 Å². The summed E-state index contributed by atoms with van der Waals surface area (Å²) in [5.74, 6) is -2.53. The van der Waals surface area contributed by atoms with E-state index in [0.29, 0.717) is 5.56 Å². The number of carboxylic acid groups (broad SMARTS) is 2. The SMILES string of the molecule is O=C(O)Cc1cc2c(c(C(=O)O)c1)NC(C(F)(F)F)CC2. The lowest BCUT2D eigenvalue weighted by molar-refractivity contribution is -0.144. The van der Waals surface area contributed by atoms with E-state index in [1.54, 1.807) is 0 Å². The van der Waals surface area contributed by atoms with Crippen molar-refractivity contribution in [3.8, 4) is 0 Å². The minimum atomic E-state index is -4.47. The zero-order valence-electron chi connectivity index (χ0n) is 10.7. The van der Waals surface area contributed by atoms with Crippen LogP contribution in [0.25, 0.3) is 0 Å². The Labute approximate surface area is 117 Å². The summed E-state index contributed by atoms with van der Waals surface area (Å²) in [6, 6.07) is 0.740. The summed E-state index contributed by atoms with van der Waals surface area (Å²) < 4.78 is 38.2. The van der Waals surface area contributed by atoms with Crippen LogP contribution in [0.4, 0.5) is 18.9 Å². The van der Waals surface area contributed by atoms with Crippen LogP contribution in [0.3, 0.4) is 0 Å². The summed E-state index contributed by atoms with van der Waals surface area (Å²) in [6.45, 7) is 0. The molecule has 0 saturated heterocycles. The Morgan fingerprint density at radius 3 is 2.48 bits per heavy atom. The molecule has 1 aliphatic rings. The van der Waals surface area contributed by atoms with Gasteiger partial charge < -0.3 is 15.5 Å². The summed E-state index contributed by atoms with van der Waals surface area (Å²) in [4.78, 5) is 21.9. The number of fused-ring (bicyclic) bond motifs is 1. The van der Waals surface area contributed by atoms with Crippen LogP contribution in [0.5, 0.6) is 0 Å². The first-order valence-electron chi connectivity index (χ1n) is 6.12. The first kappa shape index (κ1) is 15.1. The first-order chi connectivity index (χ1) is 9.68. The van der Waals surface area contributed by atoms with E-state index in [1.165, 1.54) is 6.07 Å². The van der Waals surface area contributed by atoms with Crippen LogP contribution < -0.4 is 5.32 Å². The second kappa shape index (κ2) is 5.27. The largest absolute Gasteiger partial charge is 0.481 e. The zero-order valence-corrected chi connectivity index (χ0v) is 10.7. The lowest BCUT2D eigenvalue weighted by Gasteiger charge is -2.30. The predicted octanol–water partition coefficient (Wildman–Crippen LogP) is 2.30. The Hall–Kier alpha value is -2.25. The molecule has 0 saturated carbocycles. The van der Waals surface area contributed by atoms with Gasteiger partial charge in [-0.1, -0.05) is 6.07 Å². The van der Waals surface area contributed by atoms with E-state index < -0.39 is 24.2 Å². The van der Waals surface area contributed by atoms with Crippen molar-refractivity contribution >= 4 is 17.6 Å². The van der Waals surface area contributed by atoms with Gasteiger partial charge in [-0.05, 0) is 30.0 Å². The smallest absolute Gasteiger partial charge is 0.408 e. The van der Waals surface area contributed by atoms with Gasteiger partial charge in [-0.15, -0.1) is 0 Å². The molecule has 1 atom stereocenters. The van der Waals surface area contributed by atoms with Crippen molar-refractivity contribution in [2.75, 3.05) is 5.32 Å². The standard InChI is InChI=1S/C13H12F3NO4/c14-13(15,16)9-2-1-7-3-6(5-10(18)19)4-8(12(20)21)11(7)17-9/h3-4,9,17H,1-2,5H2,(H,18,19)(H,20,21). The Morgan fingerprint density at radius 2 is 1.95 bits per heavy atom. The number of anilines is 1. The molecule has 1 unspecified atom stereocenters. The monoisotopic (exact) mass is 303 g/mol. The Kier molecular flexibility index (Phi) is 3.80. The molecule has 5 nitrogen and oxygen atoms in total. The van der Waals surface area contributed by atoms with Crippen LogP contribution in [-0.4, -0.2) is 34.4 Å². The van der Waals surface area contributed by atoms with Gasteiger partial charge in [0.25, 0.3) is 0 Å². The van der Waals surface area contributed by atoms with Gasteiger partial charge in [-0.25, -0.2) is 4.79 Å². The number of aromatic carboxylic acids is 1. The fourth-order valence-corrected chi connectivity index (χ4v) is 2.37. The molecule has 0 aromatic heterocycles. The van der Waals surface area contributed by atoms with Crippen LogP contribution in [0.1, 0.15) is 27.9 Å². The maximum atomic E-state index is 12.7. The number of rotatable bonds is 3. The van der Waals surface area contributed by atoms with E-state index in [1.807, 2.05) is 0 Å². The van der Waals surface area contributed by atoms with E-state index in [9.17, 15) is 22.8 Å². The normalized spacial score (nSPS) is 17.8. The third-order valence-electron chi connectivity index (χ3n) is 3.28. The highest BCUT2D eigenvalue weighted by Gasteiger charge is 2.42. The molecule has 2 rings (SSSR count). The Morgan fingerprint density at radius 1 is 1.29 bits per heavy atom. The molecule has 114 valence electrons. The topological polar surface area (TPSA) is 86.6 Å². The number of aryl methyl sites for hydroxylation is 1. The predicted molar refractivity (Wildman–Crippen MR) is 66.5 cm³/mol. The van der Waals surface area contributed by atoms with Gasteiger partial charge in [-0.2, -0.15) is 13.2 Å². The molecule has 0 bridgehead atoms. The molecule has 0 amide bonds. The Bertz CT molecular complexity index is 598. The van der Waals surface area contributed by atoms with Crippen molar-refractivity contribution in [3.63, 3.8) is 0 Å². The lowest BCUT2D eigenvalue weighted by Crippen LogP contribution is -2.39.